The van der Waals surface area contributed by atoms with Crippen molar-refractivity contribution < 1.29 is 18.5 Å². The molecule has 2 saturated heterocycles. The maximum Gasteiger partial charge on any atom is 0.254 e. The standard InChI is InChI=1S/C23H30FN5O3.ClH/c24-19-7-5-6-18(16-19)23(31)29-14-12-27(13-15-29)17-20-25-21(32-26-20)8-9-22(30)28-10-3-1-2-4-11-28;/h5-7,16H,1-4,8-15,17H2;1H. The Kier molecular flexibility index (Phi) is 9.20. The van der Waals surface area contributed by atoms with E-state index in [9.17, 15) is 14.0 Å². The van der Waals surface area contributed by atoms with Gasteiger partial charge >= 0.3 is 0 Å². The molecule has 0 N–H and O–H groups in total. The summed E-state index contributed by atoms with van der Waals surface area (Å²) in [6, 6.07) is 5.79. The lowest BCUT2D eigenvalue weighted by atomic mass is 10.1. The van der Waals surface area contributed by atoms with E-state index in [1.54, 1.807) is 17.0 Å². The van der Waals surface area contributed by atoms with Crippen molar-refractivity contribution in [1.82, 2.24) is 24.8 Å². The fourth-order valence-electron chi connectivity index (χ4n) is 4.26. The van der Waals surface area contributed by atoms with Crippen LogP contribution in [0.1, 0.15) is 54.2 Å². The Morgan fingerprint density at radius 1 is 0.970 bits per heavy atom. The van der Waals surface area contributed by atoms with Crippen LogP contribution in [0.3, 0.4) is 0 Å². The third kappa shape index (κ3) is 6.98. The highest BCUT2D eigenvalue weighted by Crippen LogP contribution is 2.14. The largest absolute Gasteiger partial charge is 0.343 e. The molecule has 4 rings (SSSR count). The lowest BCUT2D eigenvalue weighted by Crippen LogP contribution is -2.48. The Morgan fingerprint density at radius 3 is 2.39 bits per heavy atom. The van der Waals surface area contributed by atoms with Gasteiger partial charge in [-0.05, 0) is 31.0 Å². The third-order valence-electron chi connectivity index (χ3n) is 6.12. The molecule has 0 unspecified atom stereocenters. The van der Waals surface area contributed by atoms with E-state index in [1.165, 1.54) is 25.0 Å². The summed E-state index contributed by atoms with van der Waals surface area (Å²) in [4.78, 5) is 35.3. The minimum absolute atomic E-state index is 0. The molecule has 3 heterocycles. The summed E-state index contributed by atoms with van der Waals surface area (Å²) in [6.07, 6.45) is 5.41. The summed E-state index contributed by atoms with van der Waals surface area (Å²) in [5.41, 5.74) is 0.371. The van der Waals surface area contributed by atoms with Crippen molar-refractivity contribution in [2.24, 2.45) is 0 Å². The van der Waals surface area contributed by atoms with Gasteiger partial charge in [-0.1, -0.05) is 24.1 Å². The van der Waals surface area contributed by atoms with Crippen LogP contribution in [0.25, 0.3) is 0 Å². The van der Waals surface area contributed by atoms with Gasteiger partial charge in [0, 0.05) is 57.7 Å². The van der Waals surface area contributed by atoms with Crippen LogP contribution in [0.5, 0.6) is 0 Å². The number of halogens is 2. The second kappa shape index (κ2) is 12.1. The van der Waals surface area contributed by atoms with Crippen LogP contribution in [0.15, 0.2) is 28.8 Å². The molecule has 1 aromatic heterocycles. The highest BCUT2D eigenvalue weighted by molar-refractivity contribution is 5.94. The molecular formula is C23H31ClFN5O3. The number of carbonyl (C=O) groups is 2. The van der Waals surface area contributed by atoms with Gasteiger partial charge in [0.15, 0.2) is 5.82 Å². The SMILES string of the molecule is Cl.O=C(CCc1nc(CN2CCN(C(=O)c3cccc(F)c3)CC2)no1)N1CCCCCC1. The average Bonchev–Trinajstić information content (AvgIpc) is 3.07. The second-order valence-electron chi connectivity index (χ2n) is 8.48. The van der Waals surface area contributed by atoms with E-state index in [0.29, 0.717) is 62.8 Å². The smallest absolute Gasteiger partial charge is 0.254 e. The van der Waals surface area contributed by atoms with E-state index in [1.807, 2.05) is 4.90 Å². The zero-order valence-electron chi connectivity index (χ0n) is 18.7. The van der Waals surface area contributed by atoms with Gasteiger partial charge in [0.05, 0.1) is 6.54 Å². The van der Waals surface area contributed by atoms with Gasteiger partial charge in [-0.2, -0.15) is 4.98 Å². The lowest BCUT2D eigenvalue weighted by Gasteiger charge is -2.34. The van der Waals surface area contributed by atoms with Gasteiger partial charge in [0.25, 0.3) is 5.91 Å². The summed E-state index contributed by atoms with van der Waals surface area (Å²) in [5, 5.41) is 4.05. The van der Waals surface area contributed by atoms with Crippen molar-refractivity contribution in [3.8, 4) is 0 Å². The molecule has 2 fully saturated rings. The molecule has 2 aliphatic heterocycles. The number of benzene rings is 1. The Hall–Kier alpha value is -2.52. The van der Waals surface area contributed by atoms with Crippen LogP contribution in [0.2, 0.25) is 0 Å². The van der Waals surface area contributed by atoms with Crippen molar-refractivity contribution in [3.63, 3.8) is 0 Å². The number of rotatable bonds is 6. The van der Waals surface area contributed by atoms with Crippen molar-refractivity contribution >= 4 is 24.2 Å². The average molecular weight is 480 g/mol. The van der Waals surface area contributed by atoms with E-state index in [4.69, 9.17) is 4.52 Å². The minimum atomic E-state index is -0.407. The van der Waals surface area contributed by atoms with Gasteiger partial charge in [0.2, 0.25) is 11.8 Å². The molecule has 8 nitrogen and oxygen atoms in total. The number of aryl methyl sites for hydroxylation is 1. The maximum absolute atomic E-state index is 13.4. The molecule has 180 valence electrons. The molecule has 0 atom stereocenters. The number of carbonyl (C=O) groups excluding carboxylic acids is 2. The van der Waals surface area contributed by atoms with Crippen molar-refractivity contribution in [1.29, 1.82) is 0 Å². The van der Waals surface area contributed by atoms with Gasteiger partial charge in [0.1, 0.15) is 5.82 Å². The first-order valence-corrected chi connectivity index (χ1v) is 11.4. The molecule has 2 aromatic rings. The lowest BCUT2D eigenvalue weighted by molar-refractivity contribution is -0.131. The number of amides is 2. The molecule has 0 bridgehead atoms. The highest BCUT2D eigenvalue weighted by atomic mass is 35.5. The van der Waals surface area contributed by atoms with Crippen molar-refractivity contribution in [2.45, 2.75) is 45.1 Å². The summed E-state index contributed by atoms with van der Waals surface area (Å²) < 4.78 is 18.7. The predicted octanol–water partition coefficient (Wildman–Crippen LogP) is 2.92. The van der Waals surface area contributed by atoms with Crippen LogP contribution in [0.4, 0.5) is 4.39 Å². The Morgan fingerprint density at radius 2 is 1.70 bits per heavy atom. The molecule has 0 spiro atoms. The maximum atomic E-state index is 13.4. The normalized spacial score (nSPS) is 17.4. The first-order chi connectivity index (χ1) is 15.6. The topological polar surface area (TPSA) is 82.8 Å². The number of likely N-dealkylation sites (tertiary alicyclic amines) is 1. The molecule has 0 radical (unpaired) electrons. The summed E-state index contributed by atoms with van der Waals surface area (Å²) >= 11 is 0. The molecule has 2 amide bonds. The number of hydrogen-bond acceptors (Lipinski definition) is 6. The van der Waals surface area contributed by atoms with Crippen LogP contribution < -0.4 is 0 Å². The minimum Gasteiger partial charge on any atom is -0.343 e. The van der Waals surface area contributed by atoms with Gasteiger partial charge in [-0.3, -0.25) is 14.5 Å². The molecule has 33 heavy (non-hydrogen) atoms. The van der Waals surface area contributed by atoms with E-state index in [0.717, 1.165) is 25.9 Å². The number of aromatic nitrogens is 2. The van der Waals surface area contributed by atoms with E-state index in [-0.39, 0.29) is 24.2 Å². The second-order valence-corrected chi connectivity index (χ2v) is 8.48. The first kappa shape index (κ1) is 25.1. The number of hydrogen-bond donors (Lipinski definition) is 0. The molecular weight excluding hydrogens is 449 g/mol. The van der Waals surface area contributed by atoms with E-state index >= 15 is 0 Å². The summed E-state index contributed by atoms with van der Waals surface area (Å²) in [5.74, 6) is 0.677. The van der Waals surface area contributed by atoms with Crippen LogP contribution in [-0.2, 0) is 17.8 Å². The van der Waals surface area contributed by atoms with E-state index < -0.39 is 5.82 Å². The Labute approximate surface area is 199 Å². The third-order valence-corrected chi connectivity index (χ3v) is 6.12. The van der Waals surface area contributed by atoms with Crippen molar-refractivity contribution in [3.05, 3.63) is 47.4 Å². The monoisotopic (exact) mass is 479 g/mol. The Bertz CT molecular complexity index is 924. The molecule has 10 heteroatoms. The fraction of sp³-hybridized carbons (Fsp3) is 0.565. The van der Waals surface area contributed by atoms with Gasteiger partial charge in [-0.25, -0.2) is 4.39 Å². The number of nitrogens with zero attached hydrogens (tertiary/aromatic N) is 5. The van der Waals surface area contributed by atoms with Crippen LogP contribution >= 0.6 is 12.4 Å². The number of piperazine rings is 1. The van der Waals surface area contributed by atoms with Crippen molar-refractivity contribution in [2.75, 3.05) is 39.3 Å². The molecule has 0 aliphatic carbocycles. The molecule has 0 saturated carbocycles. The predicted molar refractivity (Wildman–Crippen MR) is 122 cm³/mol. The van der Waals surface area contributed by atoms with E-state index in [2.05, 4.69) is 15.0 Å². The quantitative estimate of drug-likeness (QED) is 0.633. The zero-order chi connectivity index (χ0) is 22.3. The Balaban J connectivity index is 0.00000306. The van der Waals surface area contributed by atoms with Gasteiger partial charge in [-0.15, -0.1) is 12.4 Å². The summed E-state index contributed by atoms with van der Waals surface area (Å²) in [6.45, 7) is 4.71. The molecule has 1 aromatic carbocycles. The highest BCUT2D eigenvalue weighted by Gasteiger charge is 2.24. The van der Waals surface area contributed by atoms with Crippen LogP contribution in [0, 0.1) is 5.82 Å². The fourth-order valence-corrected chi connectivity index (χ4v) is 4.26. The molecule has 2 aliphatic rings. The van der Waals surface area contributed by atoms with Crippen LogP contribution in [-0.4, -0.2) is 75.9 Å². The van der Waals surface area contributed by atoms with Gasteiger partial charge < -0.3 is 14.3 Å². The zero-order valence-corrected chi connectivity index (χ0v) is 19.6. The summed E-state index contributed by atoms with van der Waals surface area (Å²) in [7, 11) is 0. The first-order valence-electron chi connectivity index (χ1n) is 11.4.